The highest BCUT2D eigenvalue weighted by Crippen LogP contribution is 2.27. The van der Waals surface area contributed by atoms with E-state index in [1.54, 1.807) is 12.3 Å². The molecule has 1 aliphatic rings. The quantitative estimate of drug-likeness (QED) is 0.451. The second kappa shape index (κ2) is 9.07. The van der Waals surface area contributed by atoms with Gasteiger partial charge in [-0.15, -0.1) is 16.8 Å². The molecule has 0 spiro atoms. The van der Waals surface area contributed by atoms with E-state index in [2.05, 4.69) is 22.1 Å². The molecule has 2 heterocycles. The van der Waals surface area contributed by atoms with Crippen LogP contribution in [0, 0.1) is 6.92 Å². The van der Waals surface area contributed by atoms with E-state index in [0.717, 1.165) is 35.1 Å². The fraction of sp³-hybridized carbons (Fsp3) is 0.526. The third-order valence-corrected chi connectivity index (χ3v) is 5.65. The van der Waals surface area contributed by atoms with Crippen molar-refractivity contribution >= 4 is 17.7 Å². The summed E-state index contributed by atoms with van der Waals surface area (Å²) in [6, 6.07) is 2.20. The maximum atomic E-state index is 12.3. The molecule has 1 amide bonds. The van der Waals surface area contributed by atoms with Crippen LogP contribution in [0.2, 0.25) is 0 Å². The molecule has 1 N–H and O–H groups in total. The van der Waals surface area contributed by atoms with Gasteiger partial charge in [0.25, 0.3) is 0 Å². The molecule has 0 unspecified atom stereocenters. The first-order valence-electron chi connectivity index (χ1n) is 9.19. The summed E-state index contributed by atoms with van der Waals surface area (Å²) in [7, 11) is 0. The monoisotopic (exact) mass is 374 g/mol. The molecule has 0 bridgehead atoms. The number of hydrogen-bond donors (Lipinski definition) is 1. The summed E-state index contributed by atoms with van der Waals surface area (Å²) in [6.07, 6.45) is 10.6. The van der Waals surface area contributed by atoms with E-state index in [1.807, 2.05) is 17.6 Å². The first-order valence-corrected chi connectivity index (χ1v) is 10.2. The first-order chi connectivity index (χ1) is 12.7. The van der Waals surface area contributed by atoms with Gasteiger partial charge in [-0.3, -0.25) is 9.36 Å². The molecule has 140 valence electrons. The number of aryl methyl sites for hydroxylation is 1. The molecule has 0 aliphatic heterocycles. The summed E-state index contributed by atoms with van der Waals surface area (Å²) in [5, 5.41) is 12.5. The fourth-order valence-corrected chi connectivity index (χ4v) is 4.09. The number of thioether (sulfide) groups is 1. The Bertz CT molecular complexity index is 745. The van der Waals surface area contributed by atoms with E-state index < -0.39 is 0 Å². The highest BCUT2D eigenvalue weighted by Gasteiger charge is 2.19. The van der Waals surface area contributed by atoms with Crippen molar-refractivity contribution < 1.29 is 9.21 Å². The van der Waals surface area contributed by atoms with Crippen LogP contribution in [0.25, 0.3) is 11.4 Å². The molecule has 2 aromatic rings. The van der Waals surface area contributed by atoms with Crippen molar-refractivity contribution in [1.82, 2.24) is 20.1 Å². The zero-order chi connectivity index (χ0) is 18.4. The topological polar surface area (TPSA) is 73.0 Å². The Morgan fingerprint density at radius 2 is 2.15 bits per heavy atom. The number of carbonyl (C=O) groups excluding carboxylic acids is 1. The molecular formula is C19H26N4O2S. The Balaban J connectivity index is 1.64. The van der Waals surface area contributed by atoms with E-state index in [4.69, 9.17) is 4.42 Å². The van der Waals surface area contributed by atoms with Gasteiger partial charge in [0.2, 0.25) is 5.91 Å². The number of nitrogens with zero attached hydrogens (tertiary/aromatic N) is 3. The van der Waals surface area contributed by atoms with Crippen LogP contribution in [0.1, 0.15) is 44.3 Å². The van der Waals surface area contributed by atoms with Crippen LogP contribution in [-0.4, -0.2) is 32.5 Å². The lowest BCUT2D eigenvalue weighted by atomic mass is 10.1. The summed E-state index contributed by atoms with van der Waals surface area (Å²) in [5.74, 6) is 1.94. The molecular weight excluding hydrogens is 348 g/mol. The van der Waals surface area contributed by atoms with Gasteiger partial charge in [0.1, 0.15) is 5.76 Å². The van der Waals surface area contributed by atoms with Crippen LogP contribution in [0.4, 0.5) is 0 Å². The second-order valence-electron chi connectivity index (χ2n) is 6.64. The van der Waals surface area contributed by atoms with E-state index >= 15 is 0 Å². The predicted octanol–water partition coefficient (Wildman–Crippen LogP) is 3.96. The number of allylic oxidation sites excluding steroid dienone is 1. The van der Waals surface area contributed by atoms with Gasteiger partial charge in [-0.05, 0) is 25.8 Å². The van der Waals surface area contributed by atoms with Gasteiger partial charge in [0.05, 0.1) is 17.6 Å². The van der Waals surface area contributed by atoms with Crippen molar-refractivity contribution in [3.05, 3.63) is 30.7 Å². The van der Waals surface area contributed by atoms with Gasteiger partial charge < -0.3 is 9.73 Å². The number of amides is 1. The summed E-state index contributed by atoms with van der Waals surface area (Å²) < 4.78 is 7.34. The second-order valence-corrected chi connectivity index (χ2v) is 7.58. The average molecular weight is 375 g/mol. The first kappa shape index (κ1) is 18.8. The molecule has 0 aromatic carbocycles. The van der Waals surface area contributed by atoms with Crippen molar-refractivity contribution in [1.29, 1.82) is 0 Å². The van der Waals surface area contributed by atoms with Crippen LogP contribution in [-0.2, 0) is 11.3 Å². The van der Waals surface area contributed by atoms with E-state index in [1.165, 1.54) is 37.4 Å². The minimum atomic E-state index is 0.0658. The third-order valence-electron chi connectivity index (χ3n) is 4.68. The highest BCUT2D eigenvalue weighted by atomic mass is 32.2. The summed E-state index contributed by atoms with van der Waals surface area (Å²) in [6.45, 7) is 6.30. The normalized spacial score (nSPS) is 15.6. The number of carbonyl (C=O) groups is 1. The van der Waals surface area contributed by atoms with Gasteiger partial charge >= 0.3 is 0 Å². The lowest BCUT2D eigenvalue weighted by Gasteiger charge is -2.16. The maximum Gasteiger partial charge on any atom is 0.230 e. The summed E-state index contributed by atoms with van der Waals surface area (Å²) in [4.78, 5) is 12.3. The van der Waals surface area contributed by atoms with Crippen molar-refractivity contribution in [2.75, 3.05) is 5.75 Å². The molecule has 1 saturated carbocycles. The third kappa shape index (κ3) is 4.58. The van der Waals surface area contributed by atoms with Crippen molar-refractivity contribution in [3.8, 4) is 11.4 Å². The minimum Gasteiger partial charge on any atom is -0.469 e. The molecule has 0 atom stereocenters. The van der Waals surface area contributed by atoms with Crippen molar-refractivity contribution in [2.45, 2.75) is 63.2 Å². The van der Waals surface area contributed by atoms with Gasteiger partial charge in [0, 0.05) is 12.6 Å². The van der Waals surface area contributed by atoms with Gasteiger partial charge in [-0.2, -0.15) is 0 Å². The number of rotatable bonds is 7. The molecule has 1 fully saturated rings. The fourth-order valence-electron chi connectivity index (χ4n) is 3.33. The van der Waals surface area contributed by atoms with Crippen LogP contribution in [0.5, 0.6) is 0 Å². The highest BCUT2D eigenvalue weighted by molar-refractivity contribution is 7.99. The number of hydrogen-bond acceptors (Lipinski definition) is 5. The molecule has 7 heteroatoms. The smallest absolute Gasteiger partial charge is 0.230 e. The minimum absolute atomic E-state index is 0.0658. The van der Waals surface area contributed by atoms with Gasteiger partial charge in [0.15, 0.2) is 11.0 Å². The van der Waals surface area contributed by atoms with Crippen molar-refractivity contribution in [3.63, 3.8) is 0 Å². The molecule has 26 heavy (non-hydrogen) atoms. The molecule has 1 aliphatic carbocycles. The van der Waals surface area contributed by atoms with Crippen LogP contribution in [0.3, 0.4) is 0 Å². The maximum absolute atomic E-state index is 12.3. The zero-order valence-corrected chi connectivity index (χ0v) is 16.1. The van der Waals surface area contributed by atoms with Crippen LogP contribution >= 0.6 is 11.8 Å². The lowest BCUT2D eigenvalue weighted by molar-refractivity contribution is -0.119. The summed E-state index contributed by atoms with van der Waals surface area (Å²) >= 11 is 1.41. The Morgan fingerprint density at radius 1 is 1.38 bits per heavy atom. The van der Waals surface area contributed by atoms with Gasteiger partial charge in [-0.25, -0.2) is 0 Å². The molecule has 6 nitrogen and oxygen atoms in total. The molecule has 3 rings (SSSR count). The zero-order valence-electron chi connectivity index (χ0n) is 15.2. The number of nitrogens with one attached hydrogen (secondary N) is 1. The molecule has 2 aromatic heterocycles. The van der Waals surface area contributed by atoms with Crippen molar-refractivity contribution in [2.24, 2.45) is 0 Å². The van der Waals surface area contributed by atoms with Crippen LogP contribution in [0.15, 0.2) is 34.6 Å². The predicted molar refractivity (Wildman–Crippen MR) is 103 cm³/mol. The number of furan rings is 1. The van der Waals surface area contributed by atoms with E-state index in [9.17, 15) is 4.79 Å². The summed E-state index contributed by atoms with van der Waals surface area (Å²) in [5.41, 5.74) is 0.911. The Labute approximate surface area is 158 Å². The van der Waals surface area contributed by atoms with E-state index in [0.29, 0.717) is 18.3 Å². The SMILES string of the molecule is C=CCn1c(SCC(=O)NC2CCCCCC2)nnc1-c1ccoc1C. The average Bonchev–Trinajstić information content (AvgIpc) is 3.12. The molecule has 0 saturated heterocycles. The molecule has 0 radical (unpaired) electrons. The standard InChI is InChI=1S/C19H26N4O2S/c1-3-11-23-18(16-10-12-25-14(16)2)21-22-19(23)26-13-17(24)20-15-8-6-4-5-7-9-15/h3,10,12,15H,1,4-9,11,13H2,2H3,(H,20,24). The van der Waals surface area contributed by atoms with E-state index in [-0.39, 0.29) is 5.91 Å². The van der Waals surface area contributed by atoms with Crippen LogP contribution < -0.4 is 5.32 Å². The Kier molecular flexibility index (Phi) is 6.55. The number of aromatic nitrogens is 3. The lowest BCUT2D eigenvalue weighted by Crippen LogP contribution is -2.35. The van der Waals surface area contributed by atoms with Gasteiger partial charge in [-0.1, -0.05) is 43.5 Å². The Morgan fingerprint density at radius 3 is 2.81 bits per heavy atom. The Hall–Kier alpha value is -2.02. The largest absolute Gasteiger partial charge is 0.469 e.